The molecule has 1 aromatic rings. The normalized spacial score (nSPS) is 16.7. The van der Waals surface area contributed by atoms with Crippen molar-refractivity contribution in [2.24, 2.45) is 4.99 Å². The van der Waals surface area contributed by atoms with E-state index < -0.39 is 6.03 Å². The maximum Gasteiger partial charge on any atom is 0.347 e. The number of nitrogens with zero attached hydrogens (tertiary/aromatic N) is 3. The minimum Gasteiger partial charge on any atom is -0.363 e. The van der Waals surface area contributed by atoms with Crippen molar-refractivity contribution in [2.45, 2.75) is 12.8 Å². The van der Waals surface area contributed by atoms with Crippen molar-refractivity contribution in [3.05, 3.63) is 29.8 Å². The van der Waals surface area contributed by atoms with E-state index in [0.717, 1.165) is 25.2 Å². The smallest absolute Gasteiger partial charge is 0.347 e. The fourth-order valence-electron chi connectivity index (χ4n) is 1.87. The molecule has 92 valence electrons. The molecule has 5 nitrogen and oxygen atoms in total. The standard InChI is InChI=1S/C13H14N4O/c1-17-7-3-6-12(17)16-13(18)15-11-5-2-4-10(8-11)9-14/h2,4-5,8H,3,6-7H2,1H3,(H,15,18). The predicted octanol–water partition coefficient (Wildman–Crippen LogP) is 2.21. The summed E-state index contributed by atoms with van der Waals surface area (Å²) < 4.78 is 0. The number of likely N-dealkylation sites (tertiary alicyclic amines) is 1. The third-order valence-corrected chi connectivity index (χ3v) is 2.81. The molecule has 1 aliphatic rings. The van der Waals surface area contributed by atoms with E-state index in [1.54, 1.807) is 24.3 Å². The summed E-state index contributed by atoms with van der Waals surface area (Å²) in [5, 5.41) is 11.4. The molecule has 5 heteroatoms. The average molecular weight is 242 g/mol. The van der Waals surface area contributed by atoms with Gasteiger partial charge >= 0.3 is 6.03 Å². The molecule has 0 atom stereocenters. The number of anilines is 1. The van der Waals surface area contributed by atoms with Crippen molar-refractivity contribution in [1.29, 1.82) is 5.26 Å². The molecule has 0 aliphatic carbocycles. The van der Waals surface area contributed by atoms with E-state index in [9.17, 15) is 4.79 Å². The van der Waals surface area contributed by atoms with Gasteiger partial charge in [0, 0.05) is 25.7 Å². The summed E-state index contributed by atoms with van der Waals surface area (Å²) in [5.41, 5.74) is 1.10. The molecule has 0 saturated carbocycles. The van der Waals surface area contributed by atoms with Crippen LogP contribution in [0.2, 0.25) is 0 Å². The van der Waals surface area contributed by atoms with E-state index in [4.69, 9.17) is 5.26 Å². The molecule has 1 aliphatic heterocycles. The quantitative estimate of drug-likeness (QED) is 0.820. The maximum atomic E-state index is 11.7. The second-order valence-electron chi connectivity index (χ2n) is 4.18. The van der Waals surface area contributed by atoms with Gasteiger partial charge in [-0.25, -0.2) is 4.79 Å². The fraction of sp³-hybridized carbons (Fsp3) is 0.308. The van der Waals surface area contributed by atoms with Crippen LogP contribution in [0.25, 0.3) is 0 Å². The average Bonchev–Trinajstić information content (AvgIpc) is 2.75. The lowest BCUT2D eigenvalue weighted by atomic mass is 10.2. The highest BCUT2D eigenvalue weighted by atomic mass is 16.2. The number of amides is 2. The van der Waals surface area contributed by atoms with Crippen LogP contribution in [0.4, 0.5) is 10.5 Å². The van der Waals surface area contributed by atoms with Crippen molar-refractivity contribution in [2.75, 3.05) is 18.9 Å². The van der Waals surface area contributed by atoms with E-state index in [1.165, 1.54) is 0 Å². The number of hydrogen-bond acceptors (Lipinski definition) is 2. The van der Waals surface area contributed by atoms with E-state index >= 15 is 0 Å². The van der Waals surface area contributed by atoms with E-state index in [-0.39, 0.29) is 0 Å². The monoisotopic (exact) mass is 242 g/mol. The molecular weight excluding hydrogens is 228 g/mol. The Bertz CT molecular complexity index is 530. The number of urea groups is 1. The van der Waals surface area contributed by atoms with Gasteiger partial charge in [-0.2, -0.15) is 10.3 Å². The summed E-state index contributed by atoms with van der Waals surface area (Å²) in [6.45, 7) is 0.941. The van der Waals surface area contributed by atoms with Crippen molar-refractivity contribution in [1.82, 2.24) is 4.90 Å². The molecule has 1 heterocycles. The molecule has 18 heavy (non-hydrogen) atoms. The SMILES string of the molecule is CN1CCCC1=NC(=O)Nc1cccc(C#N)c1. The summed E-state index contributed by atoms with van der Waals surface area (Å²) in [6, 6.07) is 8.40. The van der Waals surface area contributed by atoms with Gasteiger partial charge in [0.15, 0.2) is 0 Å². The molecular formula is C13H14N4O. The van der Waals surface area contributed by atoms with Crippen LogP contribution >= 0.6 is 0 Å². The molecule has 0 radical (unpaired) electrons. The molecule has 1 aromatic carbocycles. The van der Waals surface area contributed by atoms with E-state index in [2.05, 4.69) is 10.3 Å². The van der Waals surface area contributed by atoms with Gasteiger partial charge in [0.1, 0.15) is 5.84 Å². The van der Waals surface area contributed by atoms with Crippen LogP contribution in [-0.2, 0) is 0 Å². The molecule has 1 fully saturated rings. The minimum atomic E-state index is -0.395. The highest BCUT2D eigenvalue weighted by Gasteiger charge is 2.15. The van der Waals surface area contributed by atoms with Gasteiger partial charge in [-0.15, -0.1) is 0 Å². The Kier molecular flexibility index (Phi) is 3.58. The lowest BCUT2D eigenvalue weighted by Gasteiger charge is -2.10. The van der Waals surface area contributed by atoms with Gasteiger partial charge in [0.25, 0.3) is 0 Å². The van der Waals surface area contributed by atoms with E-state index in [1.807, 2.05) is 18.0 Å². The number of benzene rings is 1. The zero-order valence-corrected chi connectivity index (χ0v) is 10.2. The second kappa shape index (κ2) is 5.32. The predicted molar refractivity (Wildman–Crippen MR) is 69.5 cm³/mol. The number of carbonyl (C=O) groups is 1. The summed E-state index contributed by atoms with van der Waals surface area (Å²) in [4.78, 5) is 17.7. The first-order chi connectivity index (χ1) is 8.69. The molecule has 0 unspecified atom stereocenters. The zero-order valence-electron chi connectivity index (χ0n) is 10.2. The number of nitrogens with one attached hydrogen (secondary N) is 1. The number of amidine groups is 1. The van der Waals surface area contributed by atoms with Crippen LogP contribution in [0.15, 0.2) is 29.3 Å². The van der Waals surface area contributed by atoms with Crippen molar-refractivity contribution in [3.8, 4) is 6.07 Å². The van der Waals surface area contributed by atoms with Gasteiger partial charge in [0.2, 0.25) is 0 Å². The Morgan fingerprint density at radius 3 is 3.06 bits per heavy atom. The third-order valence-electron chi connectivity index (χ3n) is 2.81. The summed E-state index contributed by atoms with van der Waals surface area (Å²) in [7, 11) is 1.93. The van der Waals surface area contributed by atoms with Crippen molar-refractivity contribution in [3.63, 3.8) is 0 Å². The maximum absolute atomic E-state index is 11.7. The van der Waals surface area contributed by atoms with Crippen LogP contribution in [0.3, 0.4) is 0 Å². The first kappa shape index (κ1) is 12.1. The highest BCUT2D eigenvalue weighted by molar-refractivity contribution is 6.00. The summed E-state index contributed by atoms with van der Waals surface area (Å²) >= 11 is 0. The molecule has 1 saturated heterocycles. The molecule has 0 bridgehead atoms. The van der Waals surface area contributed by atoms with Gasteiger partial charge in [-0.3, -0.25) is 0 Å². The number of aliphatic imine (C=N–C) groups is 1. The fourth-order valence-corrected chi connectivity index (χ4v) is 1.87. The summed E-state index contributed by atoms with van der Waals surface area (Å²) in [6.07, 6.45) is 1.87. The Morgan fingerprint density at radius 1 is 1.56 bits per heavy atom. The lowest BCUT2D eigenvalue weighted by Crippen LogP contribution is -2.21. The zero-order chi connectivity index (χ0) is 13.0. The van der Waals surface area contributed by atoms with Crippen LogP contribution in [0, 0.1) is 11.3 Å². The highest BCUT2D eigenvalue weighted by Crippen LogP contribution is 2.12. The van der Waals surface area contributed by atoms with E-state index in [0.29, 0.717) is 11.3 Å². The van der Waals surface area contributed by atoms with Gasteiger partial charge in [0.05, 0.1) is 11.6 Å². The Balaban J connectivity index is 2.05. The number of hydrogen-bond donors (Lipinski definition) is 1. The largest absolute Gasteiger partial charge is 0.363 e. The third kappa shape index (κ3) is 2.86. The van der Waals surface area contributed by atoms with Gasteiger partial charge in [-0.1, -0.05) is 6.07 Å². The van der Waals surface area contributed by atoms with Crippen molar-refractivity contribution >= 4 is 17.6 Å². The molecule has 0 aromatic heterocycles. The Labute approximate surface area is 106 Å². The van der Waals surface area contributed by atoms with Gasteiger partial charge < -0.3 is 10.2 Å². The molecule has 2 rings (SSSR count). The number of nitriles is 1. The van der Waals surface area contributed by atoms with Crippen LogP contribution in [-0.4, -0.2) is 30.4 Å². The number of rotatable bonds is 1. The Hall–Kier alpha value is -2.35. The first-order valence-electron chi connectivity index (χ1n) is 5.79. The molecule has 2 amide bonds. The Morgan fingerprint density at radius 2 is 2.39 bits per heavy atom. The molecule has 0 spiro atoms. The van der Waals surface area contributed by atoms with Gasteiger partial charge in [-0.05, 0) is 24.6 Å². The van der Waals surface area contributed by atoms with Crippen LogP contribution < -0.4 is 5.32 Å². The van der Waals surface area contributed by atoms with Crippen LogP contribution in [0.1, 0.15) is 18.4 Å². The topological polar surface area (TPSA) is 68.5 Å². The second-order valence-corrected chi connectivity index (χ2v) is 4.18. The summed E-state index contributed by atoms with van der Waals surface area (Å²) in [5.74, 6) is 0.809. The minimum absolute atomic E-state index is 0.395. The van der Waals surface area contributed by atoms with Crippen molar-refractivity contribution < 1.29 is 4.79 Å². The lowest BCUT2D eigenvalue weighted by molar-refractivity contribution is 0.259. The van der Waals surface area contributed by atoms with Crippen LogP contribution in [0.5, 0.6) is 0 Å². The number of carbonyl (C=O) groups excluding carboxylic acids is 1. The first-order valence-corrected chi connectivity index (χ1v) is 5.79. The molecule has 1 N–H and O–H groups in total.